The van der Waals surface area contributed by atoms with Gasteiger partial charge in [-0.05, 0) is 66.7 Å². The van der Waals surface area contributed by atoms with Gasteiger partial charge in [0.25, 0.3) is 0 Å². The lowest BCUT2D eigenvalue weighted by Crippen LogP contribution is -2.46. The first-order chi connectivity index (χ1) is 21.4. The largest absolute Gasteiger partial charge is 0.515 e. The molecule has 0 unspecified atom stereocenters. The first kappa shape index (κ1) is 30.0. The Morgan fingerprint density at radius 1 is 0.886 bits per heavy atom. The van der Waals surface area contributed by atoms with Crippen molar-refractivity contribution in [3.63, 3.8) is 0 Å². The normalized spacial score (nSPS) is 16.5. The zero-order chi connectivity index (χ0) is 30.5. The van der Waals surface area contributed by atoms with Crippen molar-refractivity contribution in [3.8, 4) is 11.5 Å². The van der Waals surface area contributed by atoms with Gasteiger partial charge in [-0.15, -0.1) is 11.3 Å². The Hall–Kier alpha value is -4.08. The highest BCUT2D eigenvalue weighted by atomic mass is 32.1. The molecule has 3 aromatic carbocycles. The molecule has 3 heterocycles. The van der Waals surface area contributed by atoms with Crippen LogP contribution in [0.4, 0.5) is 16.2 Å². The lowest BCUT2D eigenvalue weighted by molar-refractivity contribution is -0.121. The minimum Gasteiger partial charge on any atom is -0.494 e. The molecule has 4 aromatic rings. The summed E-state index contributed by atoms with van der Waals surface area (Å²) >= 11 is 1.80. The van der Waals surface area contributed by atoms with Crippen molar-refractivity contribution >= 4 is 44.9 Å². The van der Waals surface area contributed by atoms with Crippen molar-refractivity contribution in [2.75, 3.05) is 55.9 Å². The number of hydrogen-bond acceptors (Lipinski definition) is 8. The summed E-state index contributed by atoms with van der Waals surface area (Å²) in [5.41, 5.74) is 2.72. The number of para-hydroxylation sites is 1. The zero-order valence-corrected chi connectivity index (χ0v) is 26.2. The van der Waals surface area contributed by atoms with Crippen molar-refractivity contribution in [3.05, 3.63) is 83.7 Å². The van der Waals surface area contributed by atoms with Gasteiger partial charge in [0.2, 0.25) is 5.91 Å². The number of piperazine rings is 1. The van der Waals surface area contributed by atoms with E-state index < -0.39 is 6.16 Å². The van der Waals surface area contributed by atoms with E-state index in [0.717, 1.165) is 51.1 Å². The number of hydrogen-bond donors (Lipinski definition) is 0. The van der Waals surface area contributed by atoms with Gasteiger partial charge in [0, 0.05) is 59.9 Å². The average Bonchev–Trinajstić information content (AvgIpc) is 3.51. The van der Waals surface area contributed by atoms with E-state index >= 15 is 0 Å². The van der Waals surface area contributed by atoms with Crippen LogP contribution in [0.25, 0.3) is 10.1 Å². The molecule has 2 aliphatic heterocycles. The number of fused-ring (bicyclic) bond motifs is 2. The molecule has 1 amide bonds. The van der Waals surface area contributed by atoms with Gasteiger partial charge in [-0.1, -0.05) is 44.2 Å². The molecule has 2 aliphatic rings. The maximum Gasteiger partial charge on any atom is 0.515 e. The topological polar surface area (TPSA) is 71.5 Å². The predicted octanol–water partition coefficient (Wildman–Crippen LogP) is 7.07. The van der Waals surface area contributed by atoms with Gasteiger partial charge in [-0.3, -0.25) is 14.6 Å². The van der Waals surface area contributed by atoms with Crippen LogP contribution in [0.15, 0.2) is 78.2 Å². The van der Waals surface area contributed by atoms with Crippen LogP contribution >= 0.6 is 11.3 Å². The van der Waals surface area contributed by atoms with Crippen LogP contribution in [-0.4, -0.2) is 63.0 Å². The standard InChI is InChI=1S/C35H39N3O5S/c1-35(2)24-33(39)38(25-42-34(40)43-26-9-4-3-5-10-26)31-23-27(13-14-29(31)35)41-21-7-6-16-36-17-19-37(20-18-36)30-11-8-12-32-28(30)15-22-44-32/h3-5,8-15,22-23H,6-7,16-21,24-25H2,1-2H3. The monoisotopic (exact) mass is 613 g/mol. The number of carbonyl (C=O) groups excluding carboxylic acids is 2. The Balaban J connectivity index is 0.981. The molecule has 6 rings (SSSR count). The summed E-state index contributed by atoms with van der Waals surface area (Å²) in [4.78, 5) is 31.9. The number of ether oxygens (including phenoxy) is 3. The molecule has 0 aliphatic carbocycles. The summed E-state index contributed by atoms with van der Waals surface area (Å²) in [6, 6.07) is 23.4. The molecule has 8 nitrogen and oxygen atoms in total. The summed E-state index contributed by atoms with van der Waals surface area (Å²) in [5.74, 6) is 0.968. The lowest BCUT2D eigenvalue weighted by atomic mass is 9.77. The third kappa shape index (κ3) is 6.84. The smallest absolute Gasteiger partial charge is 0.494 e. The maximum absolute atomic E-state index is 13.1. The first-order valence-corrected chi connectivity index (χ1v) is 16.2. The molecule has 0 saturated carbocycles. The van der Waals surface area contributed by atoms with Gasteiger partial charge in [0.1, 0.15) is 11.5 Å². The number of carbonyl (C=O) groups is 2. The van der Waals surface area contributed by atoms with E-state index in [9.17, 15) is 9.59 Å². The molecule has 9 heteroatoms. The van der Waals surface area contributed by atoms with Gasteiger partial charge < -0.3 is 19.1 Å². The number of rotatable bonds is 10. The van der Waals surface area contributed by atoms with E-state index in [-0.39, 0.29) is 18.1 Å². The fraction of sp³-hybridized carbons (Fsp3) is 0.371. The third-order valence-corrected chi connectivity index (χ3v) is 9.34. The maximum atomic E-state index is 13.1. The van der Waals surface area contributed by atoms with Crippen LogP contribution in [-0.2, 0) is 14.9 Å². The van der Waals surface area contributed by atoms with Crippen LogP contribution < -0.4 is 19.3 Å². The molecular weight excluding hydrogens is 574 g/mol. The number of thiophene rings is 1. The minimum absolute atomic E-state index is 0.112. The van der Waals surface area contributed by atoms with E-state index in [1.165, 1.54) is 20.7 Å². The summed E-state index contributed by atoms with van der Waals surface area (Å²) < 4.78 is 18.0. The molecule has 0 N–H and O–H groups in total. The third-order valence-electron chi connectivity index (χ3n) is 8.46. The second-order valence-corrected chi connectivity index (χ2v) is 12.9. The highest BCUT2D eigenvalue weighted by Crippen LogP contribution is 2.42. The van der Waals surface area contributed by atoms with Gasteiger partial charge in [-0.2, -0.15) is 0 Å². The van der Waals surface area contributed by atoms with Crippen molar-refractivity contribution in [1.29, 1.82) is 0 Å². The number of benzene rings is 3. The zero-order valence-electron chi connectivity index (χ0n) is 25.4. The Morgan fingerprint density at radius 2 is 1.70 bits per heavy atom. The summed E-state index contributed by atoms with van der Waals surface area (Å²) in [6.45, 7) is 9.72. The second-order valence-electron chi connectivity index (χ2n) is 12.0. The van der Waals surface area contributed by atoms with Gasteiger partial charge >= 0.3 is 6.16 Å². The van der Waals surface area contributed by atoms with E-state index in [1.807, 2.05) is 24.3 Å². The minimum atomic E-state index is -0.857. The van der Waals surface area contributed by atoms with Crippen LogP contribution in [0, 0.1) is 0 Å². The molecule has 0 radical (unpaired) electrons. The molecule has 1 fully saturated rings. The molecule has 230 valence electrons. The molecule has 1 saturated heterocycles. The number of anilines is 2. The molecule has 0 bridgehead atoms. The Labute approximate surface area is 262 Å². The van der Waals surface area contributed by atoms with E-state index in [0.29, 0.717) is 30.2 Å². The highest BCUT2D eigenvalue weighted by Gasteiger charge is 2.37. The SMILES string of the molecule is CC1(C)CC(=O)N(COC(=O)Oc2ccccc2)c2cc(OCCCCN3CCN(c4cccc5sccc45)CC3)ccc21. The van der Waals surface area contributed by atoms with Gasteiger partial charge in [-0.25, -0.2) is 4.79 Å². The van der Waals surface area contributed by atoms with Gasteiger partial charge in [0.15, 0.2) is 6.73 Å². The Bertz CT molecular complexity index is 1600. The lowest BCUT2D eigenvalue weighted by Gasteiger charge is -2.38. The molecule has 44 heavy (non-hydrogen) atoms. The Morgan fingerprint density at radius 3 is 2.52 bits per heavy atom. The van der Waals surface area contributed by atoms with E-state index in [1.54, 1.807) is 35.6 Å². The van der Waals surface area contributed by atoms with Crippen LogP contribution in [0.3, 0.4) is 0 Å². The van der Waals surface area contributed by atoms with Crippen LogP contribution in [0.5, 0.6) is 11.5 Å². The summed E-state index contributed by atoms with van der Waals surface area (Å²) in [5, 5.41) is 3.53. The fourth-order valence-corrected chi connectivity index (χ4v) is 6.87. The number of nitrogens with zero attached hydrogens (tertiary/aromatic N) is 3. The van der Waals surface area contributed by atoms with Crippen LogP contribution in [0.1, 0.15) is 38.7 Å². The second kappa shape index (κ2) is 13.3. The molecule has 1 aromatic heterocycles. The van der Waals surface area contributed by atoms with Crippen molar-refractivity contribution in [2.45, 2.75) is 38.5 Å². The summed E-state index contributed by atoms with van der Waals surface area (Å²) in [6.07, 6.45) is 1.45. The predicted molar refractivity (Wildman–Crippen MR) is 175 cm³/mol. The molecular formula is C35H39N3O5S. The van der Waals surface area contributed by atoms with E-state index in [4.69, 9.17) is 14.2 Å². The quantitative estimate of drug-likeness (QED) is 0.108. The van der Waals surface area contributed by atoms with Crippen molar-refractivity contribution < 1.29 is 23.8 Å². The number of unbranched alkanes of at least 4 members (excludes halogenated alkanes) is 1. The number of amides is 1. The highest BCUT2D eigenvalue weighted by molar-refractivity contribution is 7.17. The fourth-order valence-electron chi connectivity index (χ4n) is 6.07. The van der Waals surface area contributed by atoms with Crippen molar-refractivity contribution in [2.24, 2.45) is 0 Å². The first-order valence-electron chi connectivity index (χ1n) is 15.3. The van der Waals surface area contributed by atoms with Crippen molar-refractivity contribution in [1.82, 2.24) is 4.90 Å². The molecule has 0 atom stereocenters. The Kier molecular flexibility index (Phi) is 9.04. The van der Waals surface area contributed by atoms with Gasteiger partial charge in [0.05, 0.1) is 12.3 Å². The van der Waals surface area contributed by atoms with Crippen LogP contribution in [0.2, 0.25) is 0 Å². The summed E-state index contributed by atoms with van der Waals surface area (Å²) in [7, 11) is 0. The average molecular weight is 614 g/mol. The molecule has 0 spiro atoms. The van der Waals surface area contributed by atoms with E-state index in [2.05, 4.69) is 53.3 Å².